The van der Waals surface area contributed by atoms with Crippen molar-refractivity contribution >= 4 is 66.2 Å². The summed E-state index contributed by atoms with van der Waals surface area (Å²) in [6.07, 6.45) is 0. The molecule has 1 radical (unpaired) electrons. The summed E-state index contributed by atoms with van der Waals surface area (Å²) in [6, 6.07) is 20.7. The van der Waals surface area contributed by atoms with Crippen molar-refractivity contribution in [1.82, 2.24) is 19.6 Å². The van der Waals surface area contributed by atoms with Gasteiger partial charge in [0, 0.05) is 21.4 Å². The Morgan fingerprint density at radius 2 is 0.909 bits per heavy atom. The summed E-state index contributed by atoms with van der Waals surface area (Å²) in [5, 5.41) is 46.7. The average molecular weight is 864 g/mol. The van der Waals surface area contributed by atoms with E-state index in [0.29, 0.717) is 11.4 Å². The third kappa shape index (κ3) is 9.66. The standard InChI is InChI=1S/2C16H13ClN4O5S.Cr/c2*1-9-14(16(23)21(20-9)11-5-3-2-4-6-11)19-18-12-7-10(17)8-13(15(12)22)27(24,25)26;/h2*2-8H,1H3,(H3,18,19,20,22,23,24,25,26);/q;;+3/p-6. The fourth-order valence-corrected chi connectivity index (χ4v) is 6.31. The fraction of sp³-hybridized carbons (Fsp3) is 0.0625. The molecular formula is C32H20Cl2CrN8O10S2-3. The van der Waals surface area contributed by atoms with Gasteiger partial charge < -0.3 is 38.9 Å². The van der Waals surface area contributed by atoms with E-state index in [-0.39, 0.29) is 50.2 Å². The first-order valence-corrected chi connectivity index (χ1v) is 18.3. The van der Waals surface area contributed by atoms with E-state index >= 15 is 0 Å². The SMILES string of the molecule is Cc1[n-]n(-c2ccccc2)c(=O)c1N=Nc1cc(Cl)cc(S(=O)(=O)[O-])c1[O-].Cc1[n-]n(-c2ccccc2)c(=O)c1N=Nc1cc(Cl)cc(S(=O)(=O)[O-])c1[O-].[Cr+3]. The van der Waals surface area contributed by atoms with E-state index in [1.807, 2.05) is 0 Å². The Labute approximate surface area is 331 Å². The second kappa shape index (κ2) is 17.0. The molecule has 0 aliphatic carbocycles. The second-order valence-corrected chi connectivity index (χ2v) is 14.4. The second-order valence-electron chi connectivity index (χ2n) is 10.8. The van der Waals surface area contributed by atoms with Crippen LogP contribution in [0.4, 0.5) is 22.7 Å². The molecule has 55 heavy (non-hydrogen) atoms. The van der Waals surface area contributed by atoms with Gasteiger partial charge >= 0.3 is 17.4 Å². The van der Waals surface area contributed by atoms with E-state index in [1.165, 1.54) is 13.8 Å². The van der Waals surface area contributed by atoms with Crippen molar-refractivity contribution in [2.24, 2.45) is 20.5 Å². The molecule has 0 fully saturated rings. The molecule has 0 atom stereocenters. The molecule has 6 aromatic rings. The van der Waals surface area contributed by atoms with Gasteiger partial charge in [0.15, 0.2) is 0 Å². The van der Waals surface area contributed by atoms with Gasteiger partial charge in [-0.05, 0) is 48.5 Å². The van der Waals surface area contributed by atoms with Crippen LogP contribution in [0.2, 0.25) is 10.0 Å². The maximum atomic E-state index is 12.5. The van der Waals surface area contributed by atoms with E-state index in [9.17, 15) is 45.7 Å². The van der Waals surface area contributed by atoms with Gasteiger partial charge in [0.25, 0.3) is 11.1 Å². The van der Waals surface area contributed by atoms with Gasteiger partial charge in [0.2, 0.25) is 0 Å². The summed E-state index contributed by atoms with van der Waals surface area (Å²) in [5.41, 5.74) is -0.862. The van der Waals surface area contributed by atoms with E-state index < -0.39 is 64.0 Å². The molecule has 0 saturated carbocycles. The molecule has 0 aliphatic heterocycles. The van der Waals surface area contributed by atoms with Crippen LogP contribution in [-0.4, -0.2) is 35.3 Å². The van der Waals surface area contributed by atoms with Crippen LogP contribution in [0.1, 0.15) is 11.4 Å². The van der Waals surface area contributed by atoms with Crippen molar-refractivity contribution in [3.05, 3.63) is 127 Å². The van der Waals surface area contributed by atoms with E-state index in [2.05, 4.69) is 30.7 Å². The van der Waals surface area contributed by atoms with Crippen LogP contribution in [0.5, 0.6) is 11.5 Å². The number of rotatable bonds is 8. The topological polar surface area (TPSA) is 282 Å². The summed E-state index contributed by atoms with van der Waals surface area (Å²) in [7, 11) is -10.1. The van der Waals surface area contributed by atoms with Crippen molar-refractivity contribution in [3.63, 3.8) is 0 Å². The molecule has 23 heteroatoms. The number of azo groups is 2. The van der Waals surface area contributed by atoms with Crippen molar-refractivity contribution < 1.29 is 53.5 Å². The number of hydrogen-bond donors (Lipinski definition) is 0. The Bertz CT molecular complexity index is 2600. The first kappa shape index (κ1) is 42.4. The van der Waals surface area contributed by atoms with E-state index in [4.69, 9.17) is 23.2 Å². The van der Waals surface area contributed by atoms with Crippen molar-refractivity contribution in [2.75, 3.05) is 0 Å². The van der Waals surface area contributed by atoms with Crippen LogP contribution in [0.15, 0.2) is 125 Å². The Morgan fingerprint density at radius 3 is 1.22 bits per heavy atom. The van der Waals surface area contributed by atoms with Crippen LogP contribution >= 0.6 is 23.2 Å². The Morgan fingerprint density at radius 1 is 0.582 bits per heavy atom. The maximum absolute atomic E-state index is 12.5. The summed E-state index contributed by atoms with van der Waals surface area (Å²) < 4.78 is 69.1. The molecule has 0 bridgehead atoms. The molecule has 0 unspecified atom stereocenters. The minimum Gasteiger partial charge on any atom is -0.870 e. The van der Waals surface area contributed by atoms with Gasteiger partial charge in [0.1, 0.15) is 31.6 Å². The number of halogens is 2. The zero-order valence-electron chi connectivity index (χ0n) is 27.7. The van der Waals surface area contributed by atoms with Crippen molar-refractivity contribution in [1.29, 1.82) is 0 Å². The number of aryl methyl sites for hydroxylation is 2. The Kier molecular flexibility index (Phi) is 13.1. The Balaban J connectivity index is 0.000000240. The van der Waals surface area contributed by atoms with Crippen LogP contribution in [0.3, 0.4) is 0 Å². The molecule has 0 spiro atoms. The van der Waals surface area contributed by atoms with Gasteiger partial charge in [0.05, 0.1) is 21.2 Å². The number of nitrogens with zero attached hydrogens (tertiary/aromatic N) is 8. The zero-order valence-corrected chi connectivity index (χ0v) is 32.1. The largest absolute Gasteiger partial charge is 3.00 e. The molecule has 2 aromatic heterocycles. The molecular weight excluding hydrogens is 843 g/mol. The average Bonchev–Trinajstić information content (AvgIpc) is 3.57. The van der Waals surface area contributed by atoms with Crippen LogP contribution in [0, 0.1) is 13.8 Å². The summed E-state index contributed by atoms with van der Waals surface area (Å²) in [4.78, 5) is 22.9. The number of para-hydroxylation sites is 2. The number of hydrogen-bond acceptors (Lipinski definition) is 14. The fourth-order valence-electron chi connectivity index (χ4n) is 4.55. The zero-order chi connectivity index (χ0) is 39.5. The molecule has 0 saturated heterocycles. The normalized spacial score (nSPS) is 11.7. The molecule has 6 rings (SSSR count). The first-order chi connectivity index (χ1) is 25.4. The third-order valence-corrected chi connectivity index (χ3v) is 9.15. The molecule has 18 nitrogen and oxygen atoms in total. The summed E-state index contributed by atoms with van der Waals surface area (Å²) in [5.74, 6) is -2.31. The predicted molar refractivity (Wildman–Crippen MR) is 186 cm³/mol. The summed E-state index contributed by atoms with van der Waals surface area (Å²) in [6.45, 7) is 3.05. The van der Waals surface area contributed by atoms with E-state index in [1.54, 1.807) is 60.7 Å². The molecule has 283 valence electrons. The maximum Gasteiger partial charge on any atom is 3.00 e. The van der Waals surface area contributed by atoms with Crippen molar-refractivity contribution in [2.45, 2.75) is 23.6 Å². The van der Waals surface area contributed by atoms with Gasteiger partial charge in [-0.1, -0.05) is 84.9 Å². The number of aromatic nitrogens is 4. The van der Waals surface area contributed by atoms with Crippen LogP contribution in [-0.2, 0) is 37.6 Å². The molecule has 2 heterocycles. The van der Waals surface area contributed by atoms with Gasteiger partial charge in [-0.25, -0.2) is 16.8 Å². The predicted octanol–water partition coefficient (Wildman–Crippen LogP) is 4.30. The molecule has 0 amide bonds. The van der Waals surface area contributed by atoms with Crippen LogP contribution < -0.4 is 31.5 Å². The minimum absolute atomic E-state index is 0. The van der Waals surface area contributed by atoms with Gasteiger partial charge in [-0.2, -0.15) is 10.2 Å². The number of benzene rings is 4. The van der Waals surface area contributed by atoms with E-state index in [0.717, 1.165) is 33.6 Å². The van der Waals surface area contributed by atoms with Gasteiger partial charge in [-0.3, -0.25) is 9.59 Å². The minimum atomic E-state index is -5.04. The third-order valence-electron chi connectivity index (χ3n) is 7.03. The smallest absolute Gasteiger partial charge is 0.870 e. The first-order valence-electron chi connectivity index (χ1n) is 14.8. The molecule has 0 N–H and O–H groups in total. The quantitative estimate of drug-likeness (QED) is 0.153. The molecule has 4 aromatic carbocycles. The van der Waals surface area contributed by atoms with Gasteiger partial charge in [-0.15, -0.1) is 21.6 Å². The van der Waals surface area contributed by atoms with Crippen LogP contribution in [0.25, 0.3) is 11.4 Å². The Hall–Kier alpha value is -5.37. The monoisotopic (exact) mass is 862 g/mol. The molecule has 0 aliphatic rings. The summed E-state index contributed by atoms with van der Waals surface area (Å²) >= 11 is 11.5. The van der Waals surface area contributed by atoms with Crippen molar-refractivity contribution in [3.8, 4) is 22.9 Å².